The molecule has 0 aliphatic carbocycles. The normalized spacial score (nSPS) is 14.5. The average Bonchev–Trinajstić information content (AvgIpc) is 3.32. The zero-order chi connectivity index (χ0) is 25.7. The van der Waals surface area contributed by atoms with Crippen LogP contribution in [-0.4, -0.2) is 71.3 Å². The van der Waals surface area contributed by atoms with E-state index in [2.05, 4.69) is 10.3 Å². The number of alkyl halides is 3. The molecule has 190 valence electrons. The Bertz CT molecular complexity index is 1190. The number of halogens is 3. The van der Waals surface area contributed by atoms with Crippen LogP contribution < -0.4 is 5.32 Å². The summed E-state index contributed by atoms with van der Waals surface area (Å²) in [5.74, 6) is -0.223. The number of carbonyl (C=O) groups excluding carboxylic acids is 2. The fraction of sp³-hybridized carbons (Fsp3) is 0.320. The molecule has 0 radical (unpaired) electrons. The monoisotopic (exact) mass is 517 g/mol. The topological polar surface area (TPSA) is 68.8 Å². The minimum Gasteiger partial charge on any atom is -0.340 e. The van der Waals surface area contributed by atoms with Crippen molar-refractivity contribution in [1.29, 1.82) is 0 Å². The predicted molar refractivity (Wildman–Crippen MR) is 132 cm³/mol. The number of benzene rings is 2. The highest BCUT2D eigenvalue weighted by atomic mass is 32.1. The van der Waals surface area contributed by atoms with Gasteiger partial charge in [0.05, 0.1) is 12.1 Å². The lowest BCUT2D eigenvalue weighted by molar-refractivity contribution is -0.137. The Kier molecular flexibility index (Phi) is 7.90. The van der Waals surface area contributed by atoms with Crippen LogP contribution in [0.4, 0.5) is 24.0 Å². The molecule has 2 heterocycles. The standard InChI is InChI=1S/C25H26F3N5O2S/c1-31(15-18-6-3-2-4-7-18)22(34)16-32-10-12-33(13-11-32)23(35)21-17-36-24(30-21)29-20-9-5-8-19(14-20)25(26,27)28/h2-9,14,17H,10-13,15-16H2,1H3,(H,29,30). The molecule has 0 spiro atoms. The van der Waals surface area contributed by atoms with Gasteiger partial charge in [0.25, 0.3) is 5.91 Å². The maximum atomic E-state index is 12.9. The molecule has 1 N–H and O–H groups in total. The van der Waals surface area contributed by atoms with Crippen molar-refractivity contribution in [2.75, 3.05) is 45.1 Å². The summed E-state index contributed by atoms with van der Waals surface area (Å²) in [6.45, 7) is 2.88. The van der Waals surface area contributed by atoms with E-state index in [1.807, 2.05) is 35.2 Å². The molecule has 0 saturated carbocycles. The number of nitrogens with one attached hydrogen (secondary N) is 1. The minimum atomic E-state index is -4.44. The summed E-state index contributed by atoms with van der Waals surface area (Å²) < 4.78 is 38.8. The van der Waals surface area contributed by atoms with Crippen LogP contribution in [0.1, 0.15) is 21.6 Å². The van der Waals surface area contributed by atoms with E-state index in [1.165, 1.54) is 12.1 Å². The third kappa shape index (κ3) is 6.61. The number of nitrogens with zero attached hydrogens (tertiary/aromatic N) is 4. The zero-order valence-electron chi connectivity index (χ0n) is 19.7. The number of likely N-dealkylation sites (N-methyl/N-ethyl adjacent to an activating group) is 1. The van der Waals surface area contributed by atoms with Gasteiger partial charge in [-0.05, 0) is 23.8 Å². The molecule has 0 unspecified atom stereocenters. The number of anilines is 2. The number of amides is 2. The van der Waals surface area contributed by atoms with E-state index in [1.54, 1.807) is 22.2 Å². The third-order valence-corrected chi connectivity index (χ3v) is 6.63. The SMILES string of the molecule is CN(Cc1ccccc1)C(=O)CN1CCN(C(=O)c2csc(Nc3cccc(C(F)(F)F)c3)n2)CC1. The average molecular weight is 518 g/mol. The van der Waals surface area contributed by atoms with Gasteiger partial charge in [-0.25, -0.2) is 4.98 Å². The first-order chi connectivity index (χ1) is 17.2. The summed E-state index contributed by atoms with van der Waals surface area (Å²) >= 11 is 1.15. The van der Waals surface area contributed by atoms with Gasteiger partial charge in [-0.3, -0.25) is 14.5 Å². The summed E-state index contributed by atoms with van der Waals surface area (Å²) in [5.41, 5.74) is 0.784. The largest absolute Gasteiger partial charge is 0.416 e. The van der Waals surface area contributed by atoms with Gasteiger partial charge in [0, 0.05) is 50.8 Å². The van der Waals surface area contributed by atoms with Crippen molar-refractivity contribution in [3.05, 3.63) is 76.8 Å². The van der Waals surface area contributed by atoms with Gasteiger partial charge < -0.3 is 15.1 Å². The van der Waals surface area contributed by atoms with Crippen molar-refractivity contribution < 1.29 is 22.8 Å². The fourth-order valence-electron chi connectivity index (χ4n) is 3.85. The Morgan fingerprint density at radius 3 is 2.47 bits per heavy atom. The van der Waals surface area contributed by atoms with E-state index >= 15 is 0 Å². The summed E-state index contributed by atoms with van der Waals surface area (Å²) in [5, 5.41) is 4.76. The number of piperazine rings is 1. The van der Waals surface area contributed by atoms with E-state index in [0.29, 0.717) is 37.9 Å². The van der Waals surface area contributed by atoms with Crippen LogP contribution in [0.25, 0.3) is 0 Å². The Balaban J connectivity index is 1.27. The smallest absolute Gasteiger partial charge is 0.340 e. The lowest BCUT2D eigenvalue weighted by Crippen LogP contribution is -2.51. The highest BCUT2D eigenvalue weighted by molar-refractivity contribution is 7.14. The third-order valence-electron chi connectivity index (χ3n) is 5.87. The molecule has 7 nitrogen and oxygen atoms in total. The number of aromatic nitrogens is 1. The molecule has 0 atom stereocenters. The van der Waals surface area contributed by atoms with Gasteiger partial charge in [-0.2, -0.15) is 13.2 Å². The van der Waals surface area contributed by atoms with Gasteiger partial charge >= 0.3 is 6.18 Å². The van der Waals surface area contributed by atoms with Gasteiger partial charge in [0.1, 0.15) is 5.69 Å². The number of carbonyl (C=O) groups is 2. The van der Waals surface area contributed by atoms with E-state index in [4.69, 9.17) is 0 Å². The van der Waals surface area contributed by atoms with Gasteiger partial charge in [-0.15, -0.1) is 11.3 Å². The van der Waals surface area contributed by atoms with Crippen LogP contribution >= 0.6 is 11.3 Å². The van der Waals surface area contributed by atoms with E-state index in [0.717, 1.165) is 29.0 Å². The molecule has 1 fully saturated rings. The summed E-state index contributed by atoms with van der Waals surface area (Å²) in [6, 6.07) is 14.6. The van der Waals surface area contributed by atoms with Crippen molar-refractivity contribution in [3.8, 4) is 0 Å². The lowest BCUT2D eigenvalue weighted by atomic mass is 10.2. The van der Waals surface area contributed by atoms with Crippen molar-refractivity contribution in [3.63, 3.8) is 0 Å². The van der Waals surface area contributed by atoms with Crippen molar-refractivity contribution in [2.45, 2.75) is 12.7 Å². The van der Waals surface area contributed by atoms with Crippen LogP contribution in [0.3, 0.4) is 0 Å². The van der Waals surface area contributed by atoms with Crippen molar-refractivity contribution in [2.24, 2.45) is 0 Å². The van der Waals surface area contributed by atoms with Crippen LogP contribution in [0.15, 0.2) is 60.0 Å². The van der Waals surface area contributed by atoms with Crippen LogP contribution in [0, 0.1) is 0 Å². The number of hydrogen-bond donors (Lipinski definition) is 1. The molecule has 4 rings (SSSR count). The molecule has 2 aromatic carbocycles. The molecule has 1 aliphatic heterocycles. The molecular weight excluding hydrogens is 491 g/mol. The van der Waals surface area contributed by atoms with Crippen LogP contribution in [-0.2, 0) is 17.5 Å². The Labute approximate surface area is 211 Å². The Morgan fingerprint density at radius 2 is 1.78 bits per heavy atom. The molecule has 3 aromatic rings. The highest BCUT2D eigenvalue weighted by Crippen LogP contribution is 2.32. The lowest BCUT2D eigenvalue weighted by Gasteiger charge is -2.34. The number of thiazole rings is 1. The van der Waals surface area contributed by atoms with Gasteiger partial charge in [0.2, 0.25) is 5.91 Å². The Morgan fingerprint density at radius 1 is 1.06 bits per heavy atom. The zero-order valence-corrected chi connectivity index (χ0v) is 20.5. The van der Waals surface area contributed by atoms with Crippen LogP contribution in [0.2, 0.25) is 0 Å². The first-order valence-corrected chi connectivity index (χ1v) is 12.3. The molecule has 2 amide bonds. The maximum Gasteiger partial charge on any atom is 0.416 e. The van der Waals surface area contributed by atoms with E-state index < -0.39 is 11.7 Å². The number of rotatable bonds is 7. The van der Waals surface area contributed by atoms with Crippen LogP contribution in [0.5, 0.6) is 0 Å². The molecule has 11 heteroatoms. The summed E-state index contributed by atoms with van der Waals surface area (Å²) in [6.07, 6.45) is -4.44. The fourth-order valence-corrected chi connectivity index (χ4v) is 4.56. The van der Waals surface area contributed by atoms with Crippen molar-refractivity contribution >= 4 is 34.0 Å². The number of hydrogen-bond acceptors (Lipinski definition) is 6. The first-order valence-electron chi connectivity index (χ1n) is 11.4. The predicted octanol–water partition coefficient (Wildman–Crippen LogP) is 4.32. The first kappa shape index (κ1) is 25.6. The molecule has 0 bridgehead atoms. The maximum absolute atomic E-state index is 12.9. The molecular formula is C25H26F3N5O2S. The van der Waals surface area contributed by atoms with Gasteiger partial charge in [-0.1, -0.05) is 36.4 Å². The quantitative estimate of drug-likeness (QED) is 0.506. The summed E-state index contributed by atoms with van der Waals surface area (Å²) in [7, 11) is 1.78. The van der Waals surface area contributed by atoms with E-state index in [9.17, 15) is 22.8 Å². The molecule has 1 saturated heterocycles. The van der Waals surface area contributed by atoms with E-state index in [-0.39, 0.29) is 29.7 Å². The Hall–Kier alpha value is -3.44. The molecule has 36 heavy (non-hydrogen) atoms. The van der Waals surface area contributed by atoms with Crippen molar-refractivity contribution in [1.82, 2.24) is 19.7 Å². The molecule has 1 aromatic heterocycles. The minimum absolute atomic E-state index is 0.0171. The second-order valence-electron chi connectivity index (χ2n) is 8.55. The second kappa shape index (κ2) is 11.1. The second-order valence-corrected chi connectivity index (χ2v) is 9.40. The molecule has 1 aliphatic rings. The van der Waals surface area contributed by atoms with Gasteiger partial charge in [0.15, 0.2) is 5.13 Å². The highest BCUT2D eigenvalue weighted by Gasteiger charge is 2.30. The summed E-state index contributed by atoms with van der Waals surface area (Å²) in [4.78, 5) is 35.2.